The van der Waals surface area contributed by atoms with Gasteiger partial charge in [-0.2, -0.15) is 0 Å². The molecule has 0 saturated heterocycles. The number of nitrogens with zero attached hydrogens (tertiary/aromatic N) is 2. The van der Waals surface area contributed by atoms with Gasteiger partial charge in [-0.15, -0.1) is 0 Å². The lowest BCUT2D eigenvalue weighted by atomic mass is 9.78. The lowest BCUT2D eigenvalue weighted by molar-refractivity contribution is 0.917. The molecule has 2 nitrogen and oxygen atoms in total. The molecule has 0 aliphatic rings. The van der Waals surface area contributed by atoms with Crippen molar-refractivity contribution in [1.29, 1.82) is 0 Å². The SMILES string of the molecule is CCc1nc2ccccc2n1-c1c2ccccc2c(-c2cccc(-c3cccc(-c4cc(-c5ccccc5)c(-c5ccccc5)c(-c5ccccc5)c4-c4ccccc4)c3)c2)c2ccccc12. The van der Waals surface area contributed by atoms with Crippen LogP contribution in [0.3, 0.4) is 0 Å². The second-order valence-electron chi connectivity index (χ2n) is 17.2. The zero-order chi connectivity index (χ0) is 44.7. The molecular weight excluding hydrogens is 809 g/mol. The van der Waals surface area contributed by atoms with Crippen LogP contribution in [0.15, 0.2) is 249 Å². The summed E-state index contributed by atoms with van der Waals surface area (Å²) in [7, 11) is 0. The second kappa shape index (κ2) is 17.1. The number of para-hydroxylation sites is 2. The fraction of sp³-hybridized carbons (Fsp3) is 0.0308. The van der Waals surface area contributed by atoms with Crippen molar-refractivity contribution in [3.63, 3.8) is 0 Å². The standard InChI is InChI=1S/C65H46N2/c1-2-60-66-58-39-19-20-40-59(58)67(60)65-54-37-17-15-35-52(54)61(53-36-16-18-38-55(53)65)51-34-22-32-49(42-51)48-31-21-33-50(41-48)57-43-56(44-23-7-3-8-24-44)62(45-25-9-4-10-26-45)64(47-29-13-6-14-30-47)63(57)46-27-11-5-12-28-46/h3-43H,2H2,1H3. The summed E-state index contributed by atoms with van der Waals surface area (Å²) in [5.41, 5.74) is 20.0. The number of rotatable bonds is 9. The van der Waals surface area contributed by atoms with Crippen molar-refractivity contribution < 1.29 is 0 Å². The zero-order valence-corrected chi connectivity index (χ0v) is 37.3. The summed E-state index contributed by atoms with van der Waals surface area (Å²) in [5, 5.41) is 4.85. The van der Waals surface area contributed by atoms with Gasteiger partial charge in [0.15, 0.2) is 0 Å². The van der Waals surface area contributed by atoms with Crippen molar-refractivity contribution in [1.82, 2.24) is 9.55 Å². The van der Waals surface area contributed by atoms with Gasteiger partial charge >= 0.3 is 0 Å². The normalized spacial score (nSPS) is 11.4. The summed E-state index contributed by atoms with van der Waals surface area (Å²) in [4.78, 5) is 5.12. The first-order chi connectivity index (χ1) is 33.2. The summed E-state index contributed by atoms with van der Waals surface area (Å²) in [5.74, 6) is 1.06. The van der Waals surface area contributed by atoms with Crippen LogP contribution < -0.4 is 0 Å². The second-order valence-corrected chi connectivity index (χ2v) is 17.2. The number of fused-ring (bicyclic) bond motifs is 3. The molecule has 0 saturated carbocycles. The minimum atomic E-state index is 0.825. The highest BCUT2D eigenvalue weighted by atomic mass is 15.1. The topological polar surface area (TPSA) is 17.8 Å². The Bertz CT molecular complexity index is 3700. The third kappa shape index (κ3) is 7.02. The van der Waals surface area contributed by atoms with E-state index in [0.29, 0.717) is 0 Å². The first-order valence-corrected chi connectivity index (χ1v) is 23.3. The molecule has 0 radical (unpaired) electrons. The highest BCUT2D eigenvalue weighted by Gasteiger charge is 2.25. The van der Waals surface area contributed by atoms with E-state index in [0.717, 1.165) is 34.4 Å². The molecule has 67 heavy (non-hydrogen) atoms. The summed E-state index contributed by atoms with van der Waals surface area (Å²) in [6.45, 7) is 2.20. The van der Waals surface area contributed by atoms with Gasteiger partial charge in [0.2, 0.25) is 0 Å². The highest BCUT2D eigenvalue weighted by molar-refractivity contribution is 6.19. The van der Waals surface area contributed by atoms with Crippen LogP contribution >= 0.6 is 0 Å². The van der Waals surface area contributed by atoms with Crippen molar-refractivity contribution >= 4 is 32.6 Å². The van der Waals surface area contributed by atoms with Crippen LogP contribution in [0.2, 0.25) is 0 Å². The molecule has 0 amide bonds. The summed E-state index contributed by atoms with van der Waals surface area (Å²) >= 11 is 0. The maximum atomic E-state index is 5.12. The molecule has 1 heterocycles. The van der Waals surface area contributed by atoms with E-state index >= 15 is 0 Å². The van der Waals surface area contributed by atoms with Crippen molar-refractivity contribution in [2.45, 2.75) is 13.3 Å². The number of benzene rings is 11. The first-order valence-electron chi connectivity index (χ1n) is 23.3. The Hall–Kier alpha value is -8.59. The molecular formula is C65H46N2. The fourth-order valence-corrected chi connectivity index (χ4v) is 10.4. The maximum absolute atomic E-state index is 5.12. The largest absolute Gasteiger partial charge is 0.295 e. The molecule has 2 heteroatoms. The van der Waals surface area contributed by atoms with Crippen LogP contribution in [0.4, 0.5) is 0 Å². The molecule has 0 fully saturated rings. The van der Waals surface area contributed by atoms with Gasteiger partial charge in [0.1, 0.15) is 5.82 Å². The number of aromatic nitrogens is 2. The van der Waals surface area contributed by atoms with E-state index in [2.05, 4.69) is 260 Å². The van der Waals surface area contributed by atoms with Gasteiger partial charge in [-0.25, -0.2) is 4.98 Å². The summed E-state index contributed by atoms with van der Waals surface area (Å²) in [6, 6.07) is 90.7. The molecule has 0 unspecified atom stereocenters. The molecule has 11 aromatic carbocycles. The van der Waals surface area contributed by atoms with Crippen molar-refractivity contribution in [3.05, 3.63) is 255 Å². The van der Waals surface area contributed by atoms with Gasteiger partial charge < -0.3 is 0 Å². The van der Waals surface area contributed by atoms with E-state index in [-0.39, 0.29) is 0 Å². The molecule has 0 bridgehead atoms. The van der Waals surface area contributed by atoms with E-state index in [1.54, 1.807) is 0 Å². The van der Waals surface area contributed by atoms with Gasteiger partial charge in [0, 0.05) is 17.2 Å². The molecule has 0 atom stereocenters. The Balaban J connectivity index is 1.08. The fourth-order valence-electron chi connectivity index (χ4n) is 10.4. The Morgan fingerprint density at radius 2 is 0.716 bits per heavy atom. The van der Waals surface area contributed by atoms with Crippen LogP contribution in [0.5, 0.6) is 0 Å². The summed E-state index contributed by atoms with van der Waals surface area (Å²) in [6.07, 6.45) is 0.825. The van der Waals surface area contributed by atoms with Crippen LogP contribution in [-0.2, 0) is 6.42 Å². The van der Waals surface area contributed by atoms with Gasteiger partial charge in [0.05, 0.1) is 16.7 Å². The van der Waals surface area contributed by atoms with Crippen molar-refractivity contribution in [3.8, 4) is 83.6 Å². The predicted molar refractivity (Wildman–Crippen MR) is 284 cm³/mol. The number of hydrogen-bond acceptors (Lipinski definition) is 1. The molecule has 0 aliphatic heterocycles. The van der Waals surface area contributed by atoms with Crippen molar-refractivity contribution in [2.75, 3.05) is 0 Å². The van der Waals surface area contributed by atoms with Gasteiger partial charge in [-0.05, 0) is 119 Å². The lowest BCUT2D eigenvalue weighted by Crippen LogP contribution is -2.03. The van der Waals surface area contributed by atoms with E-state index < -0.39 is 0 Å². The molecule has 0 N–H and O–H groups in total. The van der Waals surface area contributed by atoms with Crippen LogP contribution in [-0.4, -0.2) is 9.55 Å². The van der Waals surface area contributed by atoms with E-state index in [1.165, 1.54) is 94.0 Å². The van der Waals surface area contributed by atoms with E-state index in [4.69, 9.17) is 4.98 Å². The maximum Gasteiger partial charge on any atom is 0.114 e. The average molecular weight is 855 g/mol. The Morgan fingerprint density at radius 1 is 0.313 bits per heavy atom. The molecule has 12 rings (SSSR count). The first kappa shape index (κ1) is 40.0. The minimum Gasteiger partial charge on any atom is -0.295 e. The van der Waals surface area contributed by atoms with Gasteiger partial charge in [-0.3, -0.25) is 4.57 Å². The van der Waals surface area contributed by atoms with Crippen LogP contribution in [0.1, 0.15) is 12.7 Å². The zero-order valence-electron chi connectivity index (χ0n) is 37.3. The van der Waals surface area contributed by atoms with Crippen LogP contribution in [0, 0.1) is 0 Å². The monoisotopic (exact) mass is 854 g/mol. The van der Waals surface area contributed by atoms with Crippen molar-refractivity contribution in [2.24, 2.45) is 0 Å². The quantitative estimate of drug-likeness (QED) is 0.132. The molecule has 0 spiro atoms. The summed E-state index contributed by atoms with van der Waals surface area (Å²) < 4.78 is 2.40. The third-order valence-corrected chi connectivity index (χ3v) is 13.3. The molecule has 12 aromatic rings. The molecule has 316 valence electrons. The predicted octanol–water partition coefficient (Wildman–Crippen LogP) is 17.6. The number of imidazole rings is 1. The van der Waals surface area contributed by atoms with E-state index in [1.807, 2.05) is 0 Å². The van der Waals surface area contributed by atoms with Gasteiger partial charge in [-0.1, -0.05) is 225 Å². The number of aryl methyl sites for hydroxylation is 1. The Kier molecular flexibility index (Phi) is 10.2. The average Bonchev–Trinajstić information content (AvgIpc) is 3.79. The molecule has 1 aromatic heterocycles. The minimum absolute atomic E-state index is 0.825. The lowest BCUT2D eigenvalue weighted by Gasteiger charge is -2.24. The number of hydrogen-bond donors (Lipinski definition) is 0. The smallest absolute Gasteiger partial charge is 0.114 e. The van der Waals surface area contributed by atoms with Crippen LogP contribution in [0.25, 0.3) is 116 Å². The highest BCUT2D eigenvalue weighted by Crippen LogP contribution is 2.51. The molecule has 0 aliphatic carbocycles. The van der Waals surface area contributed by atoms with E-state index in [9.17, 15) is 0 Å². The Morgan fingerprint density at radius 3 is 1.27 bits per heavy atom. The third-order valence-electron chi connectivity index (χ3n) is 13.3. The van der Waals surface area contributed by atoms with Gasteiger partial charge in [0.25, 0.3) is 0 Å². The Labute approximate surface area is 391 Å².